The largest absolute Gasteiger partial charge is 0.389 e. The first-order valence-corrected chi connectivity index (χ1v) is 4.78. The van der Waals surface area contributed by atoms with Crippen molar-refractivity contribution in [1.82, 2.24) is 10.0 Å². The third-order valence-electron chi connectivity index (χ3n) is 1.98. The van der Waals surface area contributed by atoms with Crippen molar-refractivity contribution in [1.29, 1.82) is 0 Å². The maximum atomic E-state index is 9.22. The lowest BCUT2D eigenvalue weighted by Gasteiger charge is -2.12. The van der Waals surface area contributed by atoms with Gasteiger partial charge < -0.3 is 5.11 Å². The molecular weight excluding hydrogens is 204 g/mol. The van der Waals surface area contributed by atoms with Crippen molar-refractivity contribution >= 4 is 11.6 Å². The van der Waals surface area contributed by atoms with Gasteiger partial charge in [-0.15, -0.1) is 0 Å². The maximum Gasteiger partial charge on any atom is 0.0958 e. The molecule has 76 valence electrons. The molecule has 1 N–H and O–H groups in total. The molecule has 0 spiro atoms. The minimum Gasteiger partial charge on any atom is -0.389 e. The van der Waals surface area contributed by atoms with Gasteiger partial charge in [-0.3, -0.25) is 9.82 Å². The Morgan fingerprint density at radius 2 is 2.57 bits per heavy atom. The Labute approximate surface area is 87.0 Å². The van der Waals surface area contributed by atoms with E-state index in [0.29, 0.717) is 24.7 Å². The second kappa shape index (κ2) is 4.23. The van der Waals surface area contributed by atoms with Crippen LogP contribution >= 0.6 is 11.6 Å². The van der Waals surface area contributed by atoms with Crippen LogP contribution in [0.15, 0.2) is 18.3 Å². The van der Waals surface area contributed by atoms with E-state index in [1.165, 1.54) is 0 Å². The third-order valence-corrected chi connectivity index (χ3v) is 2.22. The summed E-state index contributed by atoms with van der Waals surface area (Å²) in [5, 5.41) is 11.6. The zero-order chi connectivity index (χ0) is 9.97. The SMILES string of the molecule is OC1CON(Cc2cc(Cl)ccn2)C1. The van der Waals surface area contributed by atoms with Crippen LogP contribution in [0.25, 0.3) is 0 Å². The molecular formula is C9H11ClN2O2. The first-order chi connectivity index (χ1) is 6.74. The quantitative estimate of drug-likeness (QED) is 0.793. The minimum absolute atomic E-state index is 0.362. The number of rotatable bonds is 2. The Bertz CT molecular complexity index is 321. The Hall–Kier alpha value is -0.680. The van der Waals surface area contributed by atoms with Gasteiger partial charge in [0.05, 0.1) is 31.5 Å². The normalized spacial score (nSPS) is 22.9. The number of hydroxylamine groups is 2. The molecule has 0 bridgehead atoms. The number of pyridine rings is 1. The molecule has 2 rings (SSSR count). The van der Waals surface area contributed by atoms with Crippen LogP contribution in [0.3, 0.4) is 0 Å². The fraction of sp³-hybridized carbons (Fsp3) is 0.444. The molecule has 1 aromatic heterocycles. The van der Waals surface area contributed by atoms with Crippen LogP contribution in [0.4, 0.5) is 0 Å². The van der Waals surface area contributed by atoms with Crippen LogP contribution in [0.5, 0.6) is 0 Å². The van der Waals surface area contributed by atoms with E-state index in [2.05, 4.69) is 4.98 Å². The average Bonchev–Trinajstić information content (AvgIpc) is 2.51. The number of aromatic nitrogens is 1. The highest BCUT2D eigenvalue weighted by atomic mass is 35.5. The van der Waals surface area contributed by atoms with Gasteiger partial charge >= 0.3 is 0 Å². The second-order valence-electron chi connectivity index (χ2n) is 3.24. The van der Waals surface area contributed by atoms with Gasteiger partial charge in [0.2, 0.25) is 0 Å². The van der Waals surface area contributed by atoms with E-state index in [1.54, 1.807) is 23.4 Å². The molecule has 5 heteroatoms. The predicted octanol–water partition coefficient (Wildman–Crippen LogP) is 0.843. The van der Waals surface area contributed by atoms with Crippen molar-refractivity contribution in [3.63, 3.8) is 0 Å². The molecule has 1 aliphatic rings. The summed E-state index contributed by atoms with van der Waals surface area (Å²) >= 11 is 5.81. The molecule has 0 radical (unpaired) electrons. The van der Waals surface area contributed by atoms with E-state index in [-0.39, 0.29) is 0 Å². The van der Waals surface area contributed by atoms with Crippen LogP contribution < -0.4 is 0 Å². The summed E-state index contributed by atoms with van der Waals surface area (Å²) in [5.41, 5.74) is 0.839. The van der Waals surface area contributed by atoms with E-state index >= 15 is 0 Å². The predicted molar refractivity (Wildman–Crippen MR) is 51.6 cm³/mol. The molecule has 0 aromatic carbocycles. The molecule has 1 saturated heterocycles. The van der Waals surface area contributed by atoms with Gasteiger partial charge in [0.25, 0.3) is 0 Å². The molecule has 0 amide bonds. The van der Waals surface area contributed by atoms with Gasteiger partial charge in [-0.05, 0) is 12.1 Å². The number of aliphatic hydroxyl groups excluding tert-OH is 1. The van der Waals surface area contributed by atoms with E-state index in [9.17, 15) is 5.11 Å². The summed E-state index contributed by atoms with van der Waals surface area (Å²) in [5.74, 6) is 0. The summed E-state index contributed by atoms with van der Waals surface area (Å²) < 4.78 is 0. The van der Waals surface area contributed by atoms with E-state index in [1.807, 2.05) is 0 Å². The number of halogens is 1. The smallest absolute Gasteiger partial charge is 0.0958 e. The Morgan fingerprint density at radius 3 is 3.21 bits per heavy atom. The van der Waals surface area contributed by atoms with E-state index in [0.717, 1.165) is 5.69 Å². The number of nitrogens with zero attached hydrogens (tertiary/aromatic N) is 2. The number of hydrogen-bond acceptors (Lipinski definition) is 4. The van der Waals surface area contributed by atoms with Gasteiger partial charge in [-0.1, -0.05) is 11.6 Å². The fourth-order valence-corrected chi connectivity index (χ4v) is 1.54. The molecule has 1 aliphatic heterocycles. The highest BCUT2D eigenvalue weighted by molar-refractivity contribution is 6.30. The standard InChI is InChI=1S/C9H11ClN2O2/c10-7-1-2-11-8(3-7)4-12-5-9(13)6-14-12/h1-3,9,13H,4-6H2. The highest BCUT2D eigenvalue weighted by Gasteiger charge is 2.21. The Balaban J connectivity index is 1.97. The highest BCUT2D eigenvalue weighted by Crippen LogP contribution is 2.13. The van der Waals surface area contributed by atoms with Crippen LogP contribution in [0.2, 0.25) is 5.02 Å². The van der Waals surface area contributed by atoms with Gasteiger partial charge in [-0.25, -0.2) is 0 Å². The van der Waals surface area contributed by atoms with E-state index < -0.39 is 6.10 Å². The number of aliphatic hydroxyl groups is 1. The number of hydrogen-bond donors (Lipinski definition) is 1. The van der Waals surface area contributed by atoms with Gasteiger partial charge in [-0.2, -0.15) is 5.06 Å². The Morgan fingerprint density at radius 1 is 1.71 bits per heavy atom. The molecule has 0 saturated carbocycles. The van der Waals surface area contributed by atoms with Crippen molar-refractivity contribution in [3.05, 3.63) is 29.0 Å². The third kappa shape index (κ3) is 2.42. The van der Waals surface area contributed by atoms with E-state index in [4.69, 9.17) is 16.4 Å². The molecule has 1 unspecified atom stereocenters. The van der Waals surface area contributed by atoms with Crippen molar-refractivity contribution in [2.24, 2.45) is 0 Å². The van der Waals surface area contributed by atoms with Crippen molar-refractivity contribution < 1.29 is 9.94 Å². The lowest BCUT2D eigenvalue weighted by Crippen LogP contribution is -2.20. The van der Waals surface area contributed by atoms with Crippen LogP contribution in [-0.4, -0.2) is 34.4 Å². The second-order valence-corrected chi connectivity index (χ2v) is 3.67. The van der Waals surface area contributed by atoms with Crippen LogP contribution in [0, 0.1) is 0 Å². The monoisotopic (exact) mass is 214 g/mol. The molecule has 4 nitrogen and oxygen atoms in total. The van der Waals surface area contributed by atoms with Crippen molar-refractivity contribution in [2.45, 2.75) is 12.6 Å². The summed E-state index contributed by atoms with van der Waals surface area (Å²) in [4.78, 5) is 9.35. The summed E-state index contributed by atoms with van der Waals surface area (Å²) in [7, 11) is 0. The Kier molecular flexibility index (Phi) is 2.98. The van der Waals surface area contributed by atoms with Gasteiger partial charge in [0, 0.05) is 11.2 Å². The molecule has 1 atom stereocenters. The zero-order valence-corrected chi connectivity index (χ0v) is 8.31. The van der Waals surface area contributed by atoms with Crippen LogP contribution in [0.1, 0.15) is 5.69 Å². The summed E-state index contributed by atoms with van der Waals surface area (Å²) in [6.07, 6.45) is 1.26. The van der Waals surface area contributed by atoms with Crippen LogP contribution in [-0.2, 0) is 11.4 Å². The zero-order valence-electron chi connectivity index (χ0n) is 7.56. The van der Waals surface area contributed by atoms with Gasteiger partial charge in [0.15, 0.2) is 0 Å². The lowest BCUT2D eigenvalue weighted by atomic mass is 10.3. The summed E-state index contributed by atoms with van der Waals surface area (Å²) in [6, 6.07) is 3.51. The topological polar surface area (TPSA) is 45.6 Å². The maximum absolute atomic E-state index is 9.22. The first kappa shape index (κ1) is 9.86. The first-order valence-electron chi connectivity index (χ1n) is 4.40. The molecule has 14 heavy (non-hydrogen) atoms. The fourth-order valence-electron chi connectivity index (χ4n) is 1.36. The molecule has 1 aromatic rings. The molecule has 1 fully saturated rings. The van der Waals surface area contributed by atoms with Crippen molar-refractivity contribution in [3.8, 4) is 0 Å². The molecule has 2 heterocycles. The lowest BCUT2D eigenvalue weighted by molar-refractivity contribution is -0.118. The van der Waals surface area contributed by atoms with Gasteiger partial charge in [0.1, 0.15) is 0 Å². The molecule has 0 aliphatic carbocycles. The minimum atomic E-state index is -0.394. The summed E-state index contributed by atoms with van der Waals surface area (Å²) in [6.45, 7) is 1.44. The average molecular weight is 215 g/mol. The number of β-amino-alcohol motifs (C(OH)–C–C–N with tert-alkyl or cyclic N) is 1. The van der Waals surface area contributed by atoms with Crippen molar-refractivity contribution in [2.75, 3.05) is 13.2 Å².